The molecule has 1 saturated heterocycles. The van der Waals surface area contributed by atoms with E-state index in [2.05, 4.69) is 20.4 Å². The van der Waals surface area contributed by atoms with E-state index in [4.69, 9.17) is 11.6 Å². The first kappa shape index (κ1) is 21.4. The molecule has 9 nitrogen and oxygen atoms in total. The van der Waals surface area contributed by atoms with Crippen LogP contribution >= 0.6 is 11.6 Å². The van der Waals surface area contributed by atoms with Gasteiger partial charge in [-0.25, -0.2) is 23.1 Å². The molecule has 1 amide bonds. The molecule has 1 aromatic carbocycles. The minimum absolute atomic E-state index is 0.0635. The molecule has 0 radical (unpaired) electrons. The average molecular weight is 461 g/mol. The number of pyridine rings is 1. The van der Waals surface area contributed by atoms with Crippen LogP contribution in [-0.2, 0) is 10.0 Å². The molecule has 0 atom stereocenters. The number of amides is 1. The second kappa shape index (κ2) is 9.13. The molecule has 11 heteroatoms. The molecule has 0 aliphatic carbocycles. The van der Waals surface area contributed by atoms with E-state index in [9.17, 15) is 13.2 Å². The third-order valence-corrected chi connectivity index (χ3v) is 7.43. The van der Waals surface area contributed by atoms with Gasteiger partial charge in [-0.15, -0.1) is 0 Å². The molecule has 0 spiro atoms. The van der Waals surface area contributed by atoms with Crippen LogP contribution in [0, 0.1) is 0 Å². The van der Waals surface area contributed by atoms with E-state index < -0.39 is 15.9 Å². The van der Waals surface area contributed by atoms with E-state index in [-0.39, 0.29) is 15.5 Å². The summed E-state index contributed by atoms with van der Waals surface area (Å²) in [6, 6.07) is 7.59. The van der Waals surface area contributed by atoms with Crippen molar-refractivity contribution in [1.29, 1.82) is 0 Å². The minimum Gasteiger partial charge on any atom is -0.319 e. The van der Waals surface area contributed by atoms with E-state index in [1.54, 1.807) is 18.3 Å². The summed E-state index contributed by atoms with van der Waals surface area (Å²) in [4.78, 5) is 21.0. The van der Waals surface area contributed by atoms with Crippen LogP contribution in [0.15, 0.2) is 54.1 Å². The Morgan fingerprint density at radius 2 is 1.87 bits per heavy atom. The van der Waals surface area contributed by atoms with E-state index in [0.29, 0.717) is 24.6 Å². The van der Waals surface area contributed by atoms with E-state index in [1.165, 1.54) is 39.8 Å². The first-order chi connectivity index (χ1) is 15.0. The Kier molecular flexibility index (Phi) is 6.30. The van der Waals surface area contributed by atoms with Crippen molar-refractivity contribution in [3.05, 3.63) is 59.8 Å². The van der Waals surface area contributed by atoms with Crippen molar-refractivity contribution in [3.63, 3.8) is 0 Å². The number of nitrogens with one attached hydrogen (secondary N) is 1. The molecule has 2 aromatic heterocycles. The fraction of sp³-hybridized carbons (Fsp3) is 0.300. The minimum atomic E-state index is -3.80. The Labute approximate surface area is 185 Å². The lowest BCUT2D eigenvalue weighted by atomic mass is 10.2. The van der Waals surface area contributed by atoms with Crippen molar-refractivity contribution in [2.45, 2.75) is 30.6 Å². The molecule has 1 aliphatic heterocycles. The predicted octanol–water partition coefficient (Wildman–Crippen LogP) is 3.13. The van der Waals surface area contributed by atoms with Crippen LogP contribution in [0.2, 0.25) is 5.02 Å². The highest BCUT2D eigenvalue weighted by molar-refractivity contribution is 7.89. The summed E-state index contributed by atoms with van der Waals surface area (Å²) in [6.07, 6.45) is 8.02. The normalized spacial score (nSPS) is 15.4. The van der Waals surface area contributed by atoms with Crippen molar-refractivity contribution in [2.75, 3.05) is 18.4 Å². The first-order valence-electron chi connectivity index (χ1n) is 9.88. The van der Waals surface area contributed by atoms with Gasteiger partial charge in [-0.2, -0.15) is 9.40 Å². The van der Waals surface area contributed by atoms with Gasteiger partial charge in [-0.3, -0.25) is 4.79 Å². The molecule has 1 N–H and O–H groups in total. The van der Waals surface area contributed by atoms with Crippen LogP contribution < -0.4 is 5.32 Å². The summed E-state index contributed by atoms with van der Waals surface area (Å²) >= 11 is 6.23. The summed E-state index contributed by atoms with van der Waals surface area (Å²) in [7, 11) is -3.80. The van der Waals surface area contributed by atoms with Gasteiger partial charge in [-0.05, 0) is 43.2 Å². The topological polar surface area (TPSA) is 110 Å². The average Bonchev–Trinajstić information content (AvgIpc) is 3.15. The van der Waals surface area contributed by atoms with Crippen molar-refractivity contribution in [1.82, 2.24) is 24.1 Å². The van der Waals surface area contributed by atoms with Gasteiger partial charge < -0.3 is 5.32 Å². The highest BCUT2D eigenvalue weighted by Crippen LogP contribution is 2.28. The SMILES string of the molecule is O=C(Nc1cccnc1-n1cncn1)c1ccc(Cl)c(S(=O)(=O)N2CCCCCC2)c1. The number of carbonyl (C=O) groups excluding carboxylic acids is 1. The number of hydrogen-bond donors (Lipinski definition) is 1. The Bertz CT molecular complexity index is 1180. The number of sulfonamides is 1. The quantitative estimate of drug-likeness (QED) is 0.626. The van der Waals surface area contributed by atoms with E-state index >= 15 is 0 Å². The zero-order valence-corrected chi connectivity index (χ0v) is 18.2. The smallest absolute Gasteiger partial charge is 0.255 e. The second-order valence-corrected chi connectivity index (χ2v) is 9.45. The third kappa shape index (κ3) is 4.60. The molecule has 1 aliphatic rings. The Morgan fingerprint density at radius 3 is 2.58 bits per heavy atom. The fourth-order valence-electron chi connectivity index (χ4n) is 3.45. The van der Waals surface area contributed by atoms with Gasteiger partial charge in [0.05, 0.1) is 10.7 Å². The lowest BCUT2D eigenvalue weighted by molar-refractivity contribution is 0.102. The Morgan fingerprint density at radius 1 is 1.10 bits per heavy atom. The zero-order valence-electron chi connectivity index (χ0n) is 16.6. The molecule has 0 bridgehead atoms. The molecule has 4 rings (SSSR count). The molecule has 31 heavy (non-hydrogen) atoms. The van der Waals surface area contributed by atoms with Gasteiger partial charge in [0.2, 0.25) is 10.0 Å². The monoisotopic (exact) mass is 460 g/mol. The molecular weight excluding hydrogens is 440 g/mol. The van der Waals surface area contributed by atoms with Crippen LogP contribution in [-0.4, -0.2) is 51.5 Å². The summed E-state index contributed by atoms with van der Waals surface area (Å²) < 4.78 is 29.2. The number of nitrogens with zero attached hydrogens (tertiary/aromatic N) is 5. The van der Waals surface area contributed by atoms with Crippen LogP contribution in [0.5, 0.6) is 0 Å². The summed E-state index contributed by atoms with van der Waals surface area (Å²) in [5.41, 5.74) is 0.580. The highest BCUT2D eigenvalue weighted by Gasteiger charge is 2.28. The molecule has 0 saturated carbocycles. The van der Waals surface area contributed by atoms with Crippen LogP contribution in [0.3, 0.4) is 0 Å². The van der Waals surface area contributed by atoms with Crippen molar-refractivity contribution in [2.24, 2.45) is 0 Å². The standard InChI is InChI=1S/C20H21ClN6O3S/c21-16-8-7-15(12-18(16)31(29,30)26-10-3-1-2-4-11-26)20(28)25-17-6-5-9-23-19(17)27-14-22-13-24-27/h5-9,12-14H,1-4,10-11H2,(H,25,28). The van der Waals surface area contributed by atoms with E-state index in [1.807, 2.05) is 0 Å². The zero-order chi connectivity index (χ0) is 21.8. The van der Waals surface area contributed by atoms with E-state index in [0.717, 1.165) is 25.7 Å². The van der Waals surface area contributed by atoms with Crippen LogP contribution in [0.4, 0.5) is 5.69 Å². The maximum atomic E-state index is 13.2. The lowest BCUT2D eigenvalue weighted by Gasteiger charge is -2.21. The lowest BCUT2D eigenvalue weighted by Crippen LogP contribution is -2.32. The molecular formula is C20H21ClN6O3S. The largest absolute Gasteiger partial charge is 0.319 e. The Balaban J connectivity index is 1.62. The van der Waals surface area contributed by atoms with Crippen molar-refractivity contribution in [3.8, 4) is 5.82 Å². The number of benzene rings is 1. The Hall–Kier alpha value is -2.82. The van der Waals surface area contributed by atoms with Crippen LogP contribution in [0.1, 0.15) is 36.0 Å². The van der Waals surface area contributed by atoms with Gasteiger partial charge in [-0.1, -0.05) is 24.4 Å². The third-order valence-electron chi connectivity index (χ3n) is 5.05. The van der Waals surface area contributed by atoms with Gasteiger partial charge in [0.1, 0.15) is 17.6 Å². The maximum Gasteiger partial charge on any atom is 0.255 e. The number of anilines is 1. The molecule has 1 fully saturated rings. The predicted molar refractivity (Wildman–Crippen MR) is 116 cm³/mol. The number of halogens is 1. The number of rotatable bonds is 5. The van der Waals surface area contributed by atoms with Crippen LogP contribution in [0.25, 0.3) is 5.82 Å². The maximum absolute atomic E-state index is 13.2. The summed E-state index contributed by atoms with van der Waals surface area (Å²) in [5, 5.41) is 6.88. The summed E-state index contributed by atoms with van der Waals surface area (Å²) in [6.45, 7) is 0.901. The molecule has 3 heterocycles. The highest BCUT2D eigenvalue weighted by atomic mass is 35.5. The van der Waals surface area contributed by atoms with Gasteiger partial charge >= 0.3 is 0 Å². The van der Waals surface area contributed by atoms with Gasteiger partial charge in [0.25, 0.3) is 5.91 Å². The summed E-state index contributed by atoms with van der Waals surface area (Å²) in [5.74, 6) is -0.0990. The molecule has 162 valence electrons. The first-order valence-corrected chi connectivity index (χ1v) is 11.7. The number of hydrogen-bond acceptors (Lipinski definition) is 6. The van der Waals surface area contributed by atoms with Gasteiger partial charge in [0, 0.05) is 24.8 Å². The van der Waals surface area contributed by atoms with Crippen molar-refractivity contribution < 1.29 is 13.2 Å². The number of carbonyl (C=O) groups is 1. The number of aromatic nitrogens is 4. The van der Waals surface area contributed by atoms with Gasteiger partial charge in [0.15, 0.2) is 5.82 Å². The molecule has 3 aromatic rings. The second-order valence-electron chi connectivity index (χ2n) is 7.13. The molecule has 0 unspecified atom stereocenters. The van der Waals surface area contributed by atoms with Crippen molar-refractivity contribution >= 4 is 33.2 Å². The fourth-order valence-corrected chi connectivity index (χ4v) is 5.47.